The number of carbonyl (C=O) groups excluding carboxylic acids is 1. The van der Waals surface area contributed by atoms with E-state index in [1.165, 1.54) is 0 Å². The van der Waals surface area contributed by atoms with Crippen molar-refractivity contribution in [2.75, 3.05) is 19.7 Å². The number of pyridine rings is 1. The van der Waals surface area contributed by atoms with E-state index in [4.69, 9.17) is 9.47 Å². The van der Waals surface area contributed by atoms with Gasteiger partial charge in [-0.05, 0) is 27.7 Å². The Labute approximate surface area is 130 Å². The summed E-state index contributed by atoms with van der Waals surface area (Å²) in [4.78, 5) is 18.2. The molecule has 0 saturated carbocycles. The quantitative estimate of drug-likeness (QED) is 0.847. The molecule has 6 nitrogen and oxygen atoms in total. The molecular formula is C16H21N3O3. The molecule has 118 valence electrons. The first kappa shape index (κ1) is 16.2. The molecule has 1 saturated heterocycles. The number of rotatable bonds is 3. The Morgan fingerprint density at radius 2 is 2.09 bits per heavy atom. The van der Waals surface area contributed by atoms with Crippen LogP contribution in [0.3, 0.4) is 0 Å². The third-order valence-corrected chi connectivity index (χ3v) is 3.53. The molecule has 1 aliphatic rings. The van der Waals surface area contributed by atoms with Crippen LogP contribution in [0.2, 0.25) is 0 Å². The van der Waals surface area contributed by atoms with E-state index in [1.807, 2.05) is 20.8 Å². The number of hydrogen-bond acceptors (Lipinski definition) is 5. The van der Waals surface area contributed by atoms with Gasteiger partial charge < -0.3 is 14.4 Å². The highest BCUT2D eigenvalue weighted by molar-refractivity contribution is 5.78. The summed E-state index contributed by atoms with van der Waals surface area (Å²) in [6, 6.07) is 3.76. The van der Waals surface area contributed by atoms with Crippen molar-refractivity contribution < 1.29 is 14.3 Å². The molecule has 1 aromatic rings. The molecular weight excluding hydrogens is 282 g/mol. The van der Waals surface area contributed by atoms with E-state index >= 15 is 0 Å². The molecule has 0 aliphatic carbocycles. The van der Waals surface area contributed by atoms with Crippen LogP contribution in [-0.2, 0) is 9.53 Å². The van der Waals surface area contributed by atoms with E-state index < -0.39 is 0 Å². The molecule has 1 aromatic heterocycles. The van der Waals surface area contributed by atoms with Crippen molar-refractivity contribution in [3.63, 3.8) is 0 Å². The molecule has 22 heavy (non-hydrogen) atoms. The number of ether oxygens (including phenoxy) is 2. The Bertz CT molecular complexity index is 599. The summed E-state index contributed by atoms with van der Waals surface area (Å²) in [5.41, 5.74) is 1.74. The zero-order valence-electron chi connectivity index (χ0n) is 13.4. The van der Waals surface area contributed by atoms with Gasteiger partial charge in [0.1, 0.15) is 17.4 Å². The Kier molecular flexibility index (Phi) is 4.99. The van der Waals surface area contributed by atoms with E-state index in [0.717, 1.165) is 5.69 Å². The average molecular weight is 303 g/mol. The average Bonchev–Trinajstić information content (AvgIpc) is 2.43. The van der Waals surface area contributed by atoms with Gasteiger partial charge in [-0.1, -0.05) is 0 Å². The van der Waals surface area contributed by atoms with Gasteiger partial charge in [0.2, 0.25) is 0 Å². The van der Waals surface area contributed by atoms with E-state index in [2.05, 4.69) is 11.1 Å². The van der Waals surface area contributed by atoms with Crippen molar-refractivity contribution in [3.8, 4) is 11.8 Å². The Morgan fingerprint density at radius 3 is 2.68 bits per heavy atom. The summed E-state index contributed by atoms with van der Waals surface area (Å²) in [5.74, 6) is 0.313. The molecule has 6 heteroatoms. The molecule has 1 aliphatic heterocycles. The smallest absolute Gasteiger partial charge is 0.260 e. The summed E-state index contributed by atoms with van der Waals surface area (Å²) in [7, 11) is 0. The number of nitriles is 1. The minimum Gasteiger partial charge on any atom is -0.482 e. The molecule has 0 aromatic carbocycles. The molecule has 2 atom stereocenters. The molecule has 0 N–H and O–H groups in total. The van der Waals surface area contributed by atoms with E-state index in [-0.39, 0.29) is 24.7 Å². The predicted molar refractivity (Wildman–Crippen MR) is 80.5 cm³/mol. The molecule has 0 radical (unpaired) electrons. The Morgan fingerprint density at radius 1 is 1.45 bits per heavy atom. The lowest BCUT2D eigenvalue weighted by Crippen LogP contribution is -2.49. The maximum absolute atomic E-state index is 12.3. The summed E-state index contributed by atoms with van der Waals surface area (Å²) >= 11 is 0. The first-order chi connectivity index (χ1) is 10.4. The van der Waals surface area contributed by atoms with Crippen LogP contribution in [0.1, 0.15) is 30.8 Å². The first-order valence-corrected chi connectivity index (χ1v) is 7.35. The number of aromatic nitrogens is 1. The van der Waals surface area contributed by atoms with Gasteiger partial charge in [-0.2, -0.15) is 5.26 Å². The van der Waals surface area contributed by atoms with Crippen LogP contribution >= 0.6 is 0 Å². The van der Waals surface area contributed by atoms with Crippen molar-refractivity contribution in [1.29, 1.82) is 5.26 Å². The van der Waals surface area contributed by atoms with Gasteiger partial charge >= 0.3 is 0 Å². The van der Waals surface area contributed by atoms with Gasteiger partial charge in [-0.25, -0.2) is 0 Å². The molecule has 2 rings (SSSR count). The zero-order chi connectivity index (χ0) is 16.3. The predicted octanol–water partition coefficient (Wildman–Crippen LogP) is 1.58. The van der Waals surface area contributed by atoms with Crippen molar-refractivity contribution in [2.24, 2.45) is 0 Å². The number of nitrogens with zero attached hydrogens (tertiary/aromatic N) is 3. The Balaban J connectivity index is 2.04. The van der Waals surface area contributed by atoms with Crippen LogP contribution in [0.5, 0.6) is 5.75 Å². The molecule has 2 heterocycles. The SMILES string of the molecule is Cc1cc(OCC(=O)N2C[C@@H](C)O[C@@H](C)C2)c(C#N)c(C)n1. The summed E-state index contributed by atoms with van der Waals surface area (Å²) in [5, 5.41) is 9.19. The maximum Gasteiger partial charge on any atom is 0.260 e. The van der Waals surface area contributed by atoms with Gasteiger partial charge in [0, 0.05) is 24.8 Å². The van der Waals surface area contributed by atoms with Gasteiger partial charge in [-0.3, -0.25) is 9.78 Å². The van der Waals surface area contributed by atoms with Gasteiger partial charge in [0.05, 0.1) is 17.9 Å². The van der Waals surface area contributed by atoms with Crippen molar-refractivity contribution >= 4 is 5.91 Å². The normalized spacial score (nSPS) is 21.3. The lowest BCUT2D eigenvalue weighted by atomic mass is 10.2. The van der Waals surface area contributed by atoms with E-state index in [1.54, 1.807) is 17.9 Å². The highest BCUT2D eigenvalue weighted by Gasteiger charge is 2.26. The largest absolute Gasteiger partial charge is 0.482 e. The second kappa shape index (κ2) is 6.75. The monoisotopic (exact) mass is 303 g/mol. The topological polar surface area (TPSA) is 75.4 Å². The fraction of sp³-hybridized carbons (Fsp3) is 0.562. The van der Waals surface area contributed by atoms with Crippen LogP contribution in [0.25, 0.3) is 0 Å². The van der Waals surface area contributed by atoms with Crippen molar-refractivity contribution in [2.45, 2.75) is 39.9 Å². The third kappa shape index (κ3) is 3.74. The molecule has 0 spiro atoms. The standard InChI is InChI=1S/C16H21N3O3/c1-10-5-15(14(6-17)13(4)18-10)21-9-16(20)19-7-11(2)22-12(3)8-19/h5,11-12H,7-9H2,1-4H3/t11-,12+. The highest BCUT2D eigenvalue weighted by Crippen LogP contribution is 2.21. The maximum atomic E-state index is 12.3. The number of hydrogen-bond donors (Lipinski definition) is 0. The second-order valence-electron chi connectivity index (χ2n) is 5.68. The Hall–Kier alpha value is -2.13. The molecule has 1 fully saturated rings. The number of aryl methyl sites for hydroxylation is 2. The molecule has 0 unspecified atom stereocenters. The van der Waals surface area contributed by atoms with Crippen LogP contribution in [0.15, 0.2) is 6.07 Å². The fourth-order valence-electron chi connectivity index (χ4n) is 2.66. The summed E-state index contributed by atoms with van der Waals surface area (Å²) < 4.78 is 11.2. The lowest BCUT2D eigenvalue weighted by Gasteiger charge is -2.35. The summed E-state index contributed by atoms with van der Waals surface area (Å²) in [6.45, 7) is 8.51. The minimum absolute atomic E-state index is 0.0211. The van der Waals surface area contributed by atoms with Gasteiger partial charge in [0.25, 0.3) is 5.91 Å². The van der Waals surface area contributed by atoms with Crippen LogP contribution < -0.4 is 4.74 Å². The van der Waals surface area contributed by atoms with Gasteiger partial charge in [0.15, 0.2) is 6.61 Å². The fourth-order valence-corrected chi connectivity index (χ4v) is 2.66. The van der Waals surface area contributed by atoms with E-state index in [0.29, 0.717) is 30.1 Å². The lowest BCUT2D eigenvalue weighted by molar-refractivity contribution is -0.145. The van der Waals surface area contributed by atoms with Crippen LogP contribution in [0.4, 0.5) is 0 Å². The highest BCUT2D eigenvalue weighted by atomic mass is 16.5. The second-order valence-corrected chi connectivity index (χ2v) is 5.68. The molecule has 1 amide bonds. The number of amides is 1. The summed E-state index contributed by atoms with van der Waals surface area (Å²) in [6.07, 6.45) is 0.0422. The van der Waals surface area contributed by atoms with Crippen molar-refractivity contribution in [1.82, 2.24) is 9.88 Å². The molecule has 0 bridgehead atoms. The number of morpholine rings is 1. The van der Waals surface area contributed by atoms with Gasteiger partial charge in [-0.15, -0.1) is 0 Å². The van der Waals surface area contributed by atoms with Crippen molar-refractivity contribution in [3.05, 3.63) is 23.0 Å². The minimum atomic E-state index is -0.0991. The number of carbonyl (C=O) groups is 1. The zero-order valence-corrected chi connectivity index (χ0v) is 13.4. The third-order valence-electron chi connectivity index (χ3n) is 3.53. The van der Waals surface area contributed by atoms with E-state index in [9.17, 15) is 10.1 Å². The van der Waals surface area contributed by atoms with Crippen LogP contribution in [-0.4, -0.2) is 47.7 Å². The first-order valence-electron chi connectivity index (χ1n) is 7.35. The van der Waals surface area contributed by atoms with Crippen LogP contribution in [0, 0.1) is 25.2 Å².